The van der Waals surface area contributed by atoms with Crippen molar-refractivity contribution in [3.63, 3.8) is 0 Å². The van der Waals surface area contributed by atoms with Crippen LogP contribution in [0.3, 0.4) is 0 Å². The van der Waals surface area contributed by atoms with Crippen LogP contribution in [0.1, 0.15) is 54.8 Å². The Kier molecular flexibility index (Phi) is 6.26. The summed E-state index contributed by atoms with van der Waals surface area (Å²) in [6.45, 7) is 1.93. The fourth-order valence-electron chi connectivity index (χ4n) is 4.59. The van der Waals surface area contributed by atoms with Crippen LogP contribution in [-0.2, 0) is 17.6 Å². The third-order valence-corrected chi connectivity index (χ3v) is 6.73. The monoisotopic (exact) mass is 530 g/mol. The van der Waals surface area contributed by atoms with Crippen molar-refractivity contribution in [2.75, 3.05) is 6.61 Å². The fraction of sp³-hybridized carbons (Fsp3) is 0.179. The molecule has 1 aliphatic carbocycles. The standard InChI is InChI=1S/C28H23BrN2O4/c1-2-35-28(34)23-16-25(26(32)19-8-5-9-21(29)12-19)31-11-10-20(15-24(23)31)27(33)30-22-13-17-6-3-4-7-18(17)14-22/h3-12,15-16,22H,2,13-14H2,1H3,(H,30,33). The van der Waals surface area contributed by atoms with Gasteiger partial charge in [0.05, 0.1) is 23.4 Å². The summed E-state index contributed by atoms with van der Waals surface area (Å²) >= 11 is 3.39. The number of carbonyl (C=O) groups is 3. The van der Waals surface area contributed by atoms with E-state index in [1.807, 2.05) is 18.2 Å². The van der Waals surface area contributed by atoms with E-state index in [0.717, 1.165) is 17.3 Å². The zero-order chi connectivity index (χ0) is 24.5. The molecule has 1 N–H and O–H groups in total. The van der Waals surface area contributed by atoms with Crippen LogP contribution in [0, 0.1) is 0 Å². The number of carbonyl (C=O) groups excluding carboxylic acids is 3. The van der Waals surface area contributed by atoms with Crippen molar-refractivity contribution in [1.82, 2.24) is 9.72 Å². The van der Waals surface area contributed by atoms with Crippen molar-refractivity contribution in [1.29, 1.82) is 0 Å². The van der Waals surface area contributed by atoms with E-state index >= 15 is 0 Å². The van der Waals surface area contributed by atoms with E-state index in [1.54, 1.807) is 47.9 Å². The van der Waals surface area contributed by atoms with Gasteiger partial charge in [0.15, 0.2) is 0 Å². The molecule has 5 rings (SSSR count). The summed E-state index contributed by atoms with van der Waals surface area (Å²) in [7, 11) is 0. The van der Waals surface area contributed by atoms with E-state index in [1.165, 1.54) is 17.2 Å². The molecule has 1 amide bonds. The number of ether oxygens (including phenoxy) is 1. The van der Waals surface area contributed by atoms with E-state index in [9.17, 15) is 14.4 Å². The Morgan fingerprint density at radius 3 is 2.40 bits per heavy atom. The Labute approximate surface area is 211 Å². The van der Waals surface area contributed by atoms with Crippen molar-refractivity contribution >= 4 is 39.1 Å². The maximum Gasteiger partial charge on any atom is 0.340 e. The van der Waals surface area contributed by atoms with Crippen LogP contribution >= 0.6 is 15.9 Å². The van der Waals surface area contributed by atoms with Crippen molar-refractivity contribution in [3.05, 3.63) is 111 Å². The summed E-state index contributed by atoms with van der Waals surface area (Å²) in [4.78, 5) is 39.1. The third-order valence-electron chi connectivity index (χ3n) is 6.23. The summed E-state index contributed by atoms with van der Waals surface area (Å²) in [5, 5.41) is 3.11. The molecule has 0 atom stereocenters. The molecule has 0 saturated carbocycles. The summed E-state index contributed by atoms with van der Waals surface area (Å²) in [5.74, 6) is -0.999. The zero-order valence-corrected chi connectivity index (χ0v) is 20.7. The van der Waals surface area contributed by atoms with Gasteiger partial charge in [-0.2, -0.15) is 0 Å². The minimum atomic E-state index is -0.540. The Hall–Kier alpha value is -3.71. The van der Waals surface area contributed by atoms with Crippen molar-refractivity contribution in [2.24, 2.45) is 0 Å². The first-order chi connectivity index (χ1) is 16.9. The van der Waals surface area contributed by atoms with Crippen molar-refractivity contribution < 1.29 is 19.1 Å². The molecule has 2 heterocycles. The smallest absolute Gasteiger partial charge is 0.340 e. The van der Waals surface area contributed by atoms with Gasteiger partial charge in [0.1, 0.15) is 0 Å². The van der Waals surface area contributed by atoms with Crippen LogP contribution in [-0.4, -0.2) is 34.7 Å². The first-order valence-electron chi connectivity index (χ1n) is 11.4. The lowest BCUT2D eigenvalue weighted by Gasteiger charge is -2.13. The third kappa shape index (κ3) is 4.51. The predicted octanol–water partition coefficient (Wildman–Crippen LogP) is 5.01. The number of benzene rings is 2. The van der Waals surface area contributed by atoms with Crippen LogP contribution < -0.4 is 5.32 Å². The van der Waals surface area contributed by atoms with Crippen LogP contribution in [0.5, 0.6) is 0 Å². The number of hydrogen-bond donors (Lipinski definition) is 1. The average Bonchev–Trinajstić information content (AvgIpc) is 3.44. The SMILES string of the molecule is CCOC(=O)c1cc(C(=O)c2cccc(Br)c2)n2ccc(C(=O)NC3Cc4ccccc4C3)cc12. The van der Waals surface area contributed by atoms with Crippen LogP contribution in [0.15, 0.2) is 77.4 Å². The van der Waals surface area contributed by atoms with Gasteiger partial charge in [0.2, 0.25) is 5.78 Å². The minimum absolute atomic E-state index is 0.0149. The summed E-state index contributed by atoms with van der Waals surface area (Å²) in [6, 6.07) is 20.1. The van der Waals surface area contributed by atoms with E-state index < -0.39 is 5.97 Å². The normalized spacial score (nSPS) is 13.0. The number of rotatable bonds is 6. The Bertz CT molecular complexity index is 1450. The summed E-state index contributed by atoms with van der Waals surface area (Å²) in [5.41, 5.74) is 4.41. The highest BCUT2D eigenvalue weighted by molar-refractivity contribution is 9.10. The molecule has 0 unspecified atom stereocenters. The summed E-state index contributed by atoms with van der Waals surface area (Å²) < 4.78 is 7.64. The van der Waals surface area contributed by atoms with Crippen LogP contribution in [0.25, 0.3) is 5.52 Å². The largest absolute Gasteiger partial charge is 0.462 e. The van der Waals surface area contributed by atoms with Gasteiger partial charge in [-0.05, 0) is 61.2 Å². The number of aromatic nitrogens is 1. The lowest BCUT2D eigenvalue weighted by Crippen LogP contribution is -2.35. The molecule has 7 heteroatoms. The molecule has 1 aliphatic rings. The lowest BCUT2D eigenvalue weighted by atomic mass is 10.1. The number of nitrogens with zero attached hydrogens (tertiary/aromatic N) is 1. The topological polar surface area (TPSA) is 76.9 Å². The molecule has 0 radical (unpaired) electrons. The van der Waals surface area contributed by atoms with Crippen LogP contribution in [0.4, 0.5) is 0 Å². The van der Waals surface area contributed by atoms with Gasteiger partial charge in [-0.1, -0.05) is 52.3 Å². The predicted molar refractivity (Wildman–Crippen MR) is 136 cm³/mol. The van der Waals surface area contributed by atoms with Gasteiger partial charge in [0, 0.05) is 27.8 Å². The molecule has 2 aromatic carbocycles. The van der Waals surface area contributed by atoms with Crippen LogP contribution in [0.2, 0.25) is 0 Å². The number of halogens is 1. The number of ketones is 1. The van der Waals surface area contributed by atoms with Gasteiger partial charge in [-0.25, -0.2) is 4.79 Å². The van der Waals surface area contributed by atoms with E-state index in [2.05, 4.69) is 33.4 Å². The molecular formula is C28H23BrN2O4. The quantitative estimate of drug-likeness (QED) is 0.281. The number of hydrogen-bond acceptors (Lipinski definition) is 4. The van der Waals surface area contributed by atoms with Crippen molar-refractivity contribution in [3.8, 4) is 0 Å². The number of amides is 1. The zero-order valence-electron chi connectivity index (χ0n) is 19.1. The Balaban J connectivity index is 1.48. The van der Waals surface area contributed by atoms with E-state index in [-0.39, 0.29) is 29.9 Å². The molecule has 4 aromatic rings. The first kappa shape index (κ1) is 23.1. The molecule has 2 aromatic heterocycles. The van der Waals surface area contributed by atoms with Crippen molar-refractivity contribution in [2.45, 2.75) is 25.8 Å². The highest BCUT2D eigenvalue weighted by Gasteiger charge is 2.25. The fourth-order valence-corrected chi connectivity index (χ4v) is 4.99. The van der Waals surface area contributed by atoms with Gasteiger partial charge < -0.3 is 14.5 Å². The maximum atomic E-state index is 13.3. The van der Waals surface area contributed by atoms with E-state index in [4.69, 9.17) is 4.74 Å². The molecule has 0 saturated heterocycles. The number of fused-ring (bicyclic) bond motifs is 2. The first-order valence-corrected chi connectivity index (χ1v) is 12.2. The second kappa shape index (κ2) is 9.50. The molecule has 0 bridgehead atoms. The molecule has 6 nitrogen and oxygen atoms in total. The second-order valence-electron chi connectivity index (χ2n) is 8.52. The molecule has 0 spiro atoms. The number of nitrogens with one attached hydrogen (secondary N) is 1. The summed E-state index contributed by atoms with van der Waals surface area (Å²) in [6.07, 6.45) is 3.23. The molecule has 35 heavy (non-hydrogen) atoms. The van der Waals surface area contributed by atoms with Gasteiger partial charge in [-0.3, -0.25) is 9.59 Å². The Morgan fingerprint density at radius 1 is 0.971 bits per heavy atom. The maximum absolute atomic E-state index is 13.3. The molecule has 0 aliphatic heterocycles. The van der Waals surface area contributed by atoms with Gasteiger partial charge >= 0.3 is 5.97 Å². The lowest BCUT2D eigenvalue weighted by molar-refractivity contribution is 0.0528. The van der Waals surface area contributed by atoms with E-state index in [0.29, 0.717) is 22.3 Å². The number of pyridine rings is 1. The van der Waals surface area contributed by atoms with Gasteiger partial charge in [0.25, 0.3) is 5.91 Å². The molecule has 0 fully saturated rings. The highest BCUT2D eigenvalue weighted by Crippen LogP contribution is 2.25. The number of esters is 1. The second-order valence-corrected chi connectivity index (χ2v) is 9.44. The van der Waals surface area contributed by atoms with Gasteiger partial charge in [-0.15, -0.1) is 0 Å². The molecular weight excluding hydrogens is 508 g/mol. The minimum Gasteiger partial charge on any atom is -0.462 e. The average molecular weight is 531 g/mol. The Morgan fingerprint density at radius 2 is 1.71 bits per heavy atom. The highest BCUT2D eigenvalue weighted by atomic mass is 79.9. The molecule has 176 valence electrons.